The predicted molar refractivity (Wildman–Crippen MR) is 269 cm³/mol. The average Bonchev–Trinajstić information content (AvgIpc) is 3.27. The molecule has 6 nitrogen and oxygen atoms in total. The molecule has 0 aliphatic heterocycles. The number of ether oxygens (including phenoxy) is 1. The van der Waals surface area contributed by atoms with Gasteiger partial charge in [0, 0.05) is 12.8 Å². The van der Waals surface area contributed by atoms with Crippen molar-refractivity contribution in [3.8, 4) is 0 Å². The van der Waals surface area contributed by atoms with Gasteiger partial charge in [0.2, 0.25) is 5.91 Å². The Bertz CT molecular complexity index is 966. The van der Waals surface area contributed by atoms with Crippen LogP contribution in [0, 0.1) is 0 Å². The molecule has 62 heavy (non-hydrogen) atoms. The van der Waals surface area contributed by atoms with Gasteiger partial charge in [0.05, 0.1) is 25.4 Å². The predicted octanol–water partition coefficient (Wildman–Crippen LogP) is 16.7. The zero-order chi connectivity index (χ0) is 45.1. The van der Waals surface area contributed by atoms with E-state index >= 15 is 0 Å². The number of esters is 1. The van der Waals surface area contributed by atoms with Crippen molar-refractivity contribution in [1.82, 2.24) is 5.32 Å². The third-order valence-electron chi connectivity index (χ3n) is 12.7. The summed E-state index contributed by atoms with van der Waals surface area (Å²) in [4.78, 5) is 24.5. The second-order valence-corrected chi connectivity index (χ2v) is 18.9. The van der Waals surface area contributed by atoms with Crippen LogP contribution in [-0.4, -0.2) is 47.4 Å². The van der Waals surface area contributed by atoms with E-state index < -0.39 is 12.1 Å². The minimum atomic E-state index is -0.861. The van der Waals surface area contributed by atoms with Crippen LogP contribution in [-0.2, 0) is 14.3 Å². The molecule has 0 aromatic carbocycles. The van der Waals surface area contributed by atoms with Crippen LogP contribution in [0.15, 0.2) is 24.3 Å². The van der Waals surface area contributed by atoms with Crippen molar-refractivity contribution >= 4 is 11.9 Å². The van der Waals surface area contributed by atoms with E-state index in [1.54, 1.807) is 6.08 Å². The van der Waals surface area contributed by atoms with Crippen LogP contribution in [0.4, 0.5) is 0 Å². The largest absolute Gasteiger partial charge is 0.466 e. The molecular weight excluding hydrogens is 767 g/mol. The van der Waals surface area contributed by atoms with Crippen LogP contribution < -0.4 is 5.32 Å². The van der Waals surface area contributed by atoms with Gasteiger partial charge in [0.1, 0.15) is 0 Å². The summed E-state index contributed by atoms with van der Waals surface area (Å²) in [5.41, 5.74) is 0. The normalized spacial score (nSPS) is 12.8. The van der Waals surface area contributed by atoms with Crippen molar-refractivity contribution in [2.75, 3.05) is 13.2 Å². The summed E-state index contributed by atoms with van der Waals surface area (Å²) in [6.45, 7) is 4.87. The first kappa shape index (κ1) is 60.3. The Morgan fingerprint density at radius 2 is 0.758 bits per heavy atom. The maximum atomic E-state index is 12.4. The molecule has 0 aliphatic carbocycles. The van der Waals surface area contributed by atoms with Crippen molar-refractivity contribution in [3.05, 3.63) is 24.3 Å². The van der Waals surface area contributed by atoms with Crippen LogP contribution in [0.25, 0.3) is 0 Å². The fraction of sp³-hybridized carbons (Fsp3) is 0.893. The molecule has 0 aromatic rings. The van der Waals surface area contributed by atoms with Gasteiger partial charge in [-0.25, -0.2) is 0 Å². The topological polar surface area (TPSA) is 95.9 Å². The van der Waals surface area contributed by atoms with E-state index in [4.69, 9.17) is 4.74 Å². The molecule has 0 saturated heterocycles. The number of amides is 1. The number of allylic oxidation sites excluding steroid dienone is 3. The number of hydrogen-bond donors (Lipinski definition) is 3. The summed E-state index contributed by atoms with van der Waals surface area (Å²) in [5, 5.41) is 23.1. The van der Waals surface area contributed by atoms with E-state index in [1.807, 2.05) is 6.08 Å². The zero-order valence-electron chi connectivity index (χ0n) is 41.6. The lowest BCUT2D eigenvalue weighted by Crippen LogP contribution is -2.45. The highest BCUT2D eigenvalue weighted by Gasteiger charge is 2.18. The summed E-state index contributed by atoms with van der Waals surface area (Å²) in [5.74, 6) is -0.107. The Labute approximate surface area is 386 Å². The average molecular weight is 874 g/mol. The fourth-order valence-electron chi connectivity index (χ4n) is 8.45. The number of carbonyl (C=O) groups is 2. The highest BCUT2D eigenvalue weighted by atomic mass is 16.5. The molecule has 0 bridgehead atoms. The van der Waals surface area contributed by atoms with E-state index in [0.29, 0.717) is 19.4 Å². The number of rotatable bonds is 51. The molecule has 0 heterocycles. The number of hydrogen-bond acceptors (Lipinski definition) is 5. The molecule has 0 radical (unpaired) electrons. The lowest BCUT2D eigenvalue weighted by Gasteiger charge is -2.19. The molecular formula is C56H107NO5. The first-order valence-corrected chi connectivity index (χ1v) is 27.6. The Balaban J connectivity index is 3.52. The molecule has 1 amide bonds. The molecule has 366 valence electrons. The number of nitrogens with one attached hydrogen (secondary N) is 1. The number of unbranched alkanes of at least 4 members (excludes halogenated alkanes) is 38. The second kappa shape index (κ2) is 52.0. The van der Waals surface area contributed by atoms with Gasteiger partial charge in [-0.15, -0.1) is 0 Å². The van der Waals surface area contributed by atoms with Crippen LogP contribution in [0.2, 0.25) is 0 Å². The van der Waals surface area contributed by atoms with Gasteiger partial charge in [-0.2, -0.15) is 0 Å². The van der Waals surface area contributed by atoms with Crippen molar-refractivity contribution in [2.24, 2.45) is 0 Å². The molecule has 2 unspecified atom stereocenters. The number of carbonyl (C=O) groups excluding carboxylic acids is 2. The highest BCUT2D eigenvalue weighted by molar-refractivity contribution is 5.76. The quantitative estimate of drug-likeness (QED) is 0.0321. The molecule has 0 spiro atoms. The van der Waals surface area contributed by atoms with Crippen LogP contribution in [0.1, 0.15) is 296 Å². The Kier molecular flexibility index (Phi) is 50.6. The maximum absolute atomic E-state index is 12.4. The van der Waals surface area contributed by atoms with Crippen LogP contribution in [0.5, 0.6) is 0 Å². The van der Waals surface area contributed by atoms with Gasteiger partial charge in [-0.1, -0.05) is 250 Å². The minimum Gasteiger partial charge on any atom is -0.466 e. The van der Waals surface area contributed by atoms with Crippen molar-refractivity contribution < 1.29 is 24.5 Å². The Morgan fingerprint density at radius 3 is 1.16 bits per heavy atom. The molecule has 0 fully saturated rings. The highest BCUT2D eigenvalue weighted by Crippen LogP contribution is 2.16. The lowest BCUT2D eigenvalue weighted by atomic mass is 10.0. The molecule has 6 heteroatoms. The van der Waals surface area contributed by atoms with E-state index in [0.717, 1.165) is 70.6 Å². The van der Waals surface area contributed by atoms with Crippen LogP contribution in [0.3, 0.4) is 0 Å². The van der Waals surface area contributed by atoms with Gasteiger partial charge in [-0.05, 0) is 57.8 Å². The monoisotopic (exact) mass is 874 g/mol. The fourth-order valence-corrected chi connectivity index (χ4v) is 8.45. The van der Waals surface area contributed by atoms with Crippen LogP contribution >= 0.6 is 0 Å². The standard InChI is InChI=1S/C56H107NO5/c1-3-5-7-9-11-13-15-17-19-20-22-24-28-32-36-40-44-48-54(59)53(52-58)57-55(60)49-45-41-37-33-29-25-23-27-31-35-39-43-47-51-62-56(61)50-46-42-38-34-30-26-21-18-16-14-12-10-8-6-4-2/h25,29,44,48,53-54,58-59H,3-24,26-28,30-43,45-47,49-52H2,1-2H3,(H,57,60)/b29-25-,48-44+. The van der Waals surface area contributed by atoms with Gasteiger partial charge in [0.25, 0.3) is 0 Å². The first-order chi connectivity index (χ1) is 30.5. The van der Waals surface area contributed by atoms with E-state index in [-0.39, 0.29) is 18.5 Å². The Hall–Kier alpha value is -1.66. The van der Waals surface area contributed by atoms with Gasteiger partial charge in [-0.3, -0.25) is 9.59 Å². The summed E-state index contributed by atoms with van der Waals surface area (Å²) < 4.78 is 5.46. The van der Waals surface area contributed by atoms with Gasteiger partial charge in [0.15, 0.2) is 0 Å². The number of aliphatic hydroxyl groups excluding tert-OH is 2. The SMILES string of the molecule is CCCCCCCCCCCCCCCCC/C=C/C(O)C(CO)NC(=O)CCCCC/C=C\CCCCCCCCOC(=O)CCCCCCCCCCCCCCCCC. The second-order valence-electron chi connectivity index (χ2n) is 18.9. The van der Waals surface area contributed by atoms with E-state index in [9.17, 15) is 19.8 Å². The Morgan fingerprint density at radius 1 is 0.435 bits per heavy atom. The smallest absolute Gasteiger partial charge is 0.305 e. The molecule has 3 N–H and O–H groups in total. The molecule has 0 saturated carbocycles. The van der Waals surface area contributed by atoms with E-state index in [2.05, 4.69) is 31.3 Å². The maximum Gasteiger partial charge on any atom is 0.305 e. The minimum absolute atomic E-state index is 0.0110. The summed E-state index contributed by atoms with van der Waals surface area (Å²) in [7, 11) is 0. The molecule has 0 aromatic heterocycles. The number of aliphatic hydroxyl groups is 2. The van der Waals surface area contributed by atoms with E-state index in [1.165, 1.54) is 199 Å². The summed E-state index contributed by atoms with van der Waals surface area (Å²) in [6.07, 6.45) is 61.9. The molecule has 0 aliphatic rings. The van der Waals surface area contributed by atoms with Crippen molar-refractivity contribution in [3.63, 3.8) is 0 Å². The van der Waals surface area contributed by atoms with Gasteiger partial charge >= 0.3 is 5.97 Å². The molecule has 0 rings (SSSR count). The summed E-state index contributed by atoms with van der Waals surface area (Å²) >= 11 is 0. The van der Waals surface area contributed by atoms with Crippen molar-refractivity contribution in [1.29, 1.82) is 0 Å². The summed E-state index contributed by atoms with van der Waals surface area (Å²) in [6, 6.07) is -0.647. The van der Waals surface area contributed by atoms with Gasteiger partial charge < -0.3 is 20.3 Å². The first-order valence-electron chi connectivity index (χ1n) is 27.6. The zero-order valence-corrected chi connectivity index (χ0v) is 41.6. The molecule has 2 atom stereocenters. The third-order valence-corrected chi connectivity index (χ3v) is 12.7. The lowest BCUT2D eigenvalue weighted by molar-refractivity contribution is -0.143. The van der Waals surface area contributed by atoms with Crippen molar-refractivity contribution in [2.45, 2.75) is 309 Å². The third kappa shape index (κ3) is 47.8.